The summed E-state index contributed by atoms with van der Waals surface area (Å²) in [6.07, 6.45) is 2.81. The number of nitrogens with one attached hydrogen (secondary N) is 1. The van der Waals surface area contributed by atoms with E-state index >= 15 is 0 Å². The molecule has 2 aromatic rings. The van der Waals surface area contributed by atoms with E-state index in [1.54, 1.807) is 0 Å². The molecule has 0 fully saturated rings. The average Bonchev–Trinajstić information content (AvgIpc) is 2.51. The Bertz CT molecular complexity index is 447. The largest absolute Gasteiger partial charge is 0.369 e. The van der Waals surface area contributed by atoms with Gasteiger partial charge in [-0.1, -0.05) is 23.2 Å². The number of anilines is 1. The van der Waals surface area contributed by atoms with Gasteiger partial charge < -0.3 is 10.7 Å². The second-order valence-electron chi connectivity index (χ2n) is 2.51. The summed E-state index contributed by atoms with van der Waals surface area (Å²) in [5, 5.41) is 0.516. The number of aromatic amines is 1. The van der Waals surface area contributed by atoms with Crippen molar-refractivity contribution in [3.63, 3.8) is 0 Å². The van der Waals surface area contributed by atoms with Crippen molar-refractivity contribution >= 4 is 29.2 Å². The lowest BCUT2D eigenvalue weighted by molar-refractivity contribution is 1.16. The fraction of sp³-hybridized carbons (Fsp3) is 0. The van der Waals surface area contributed by atoms with Crippen molar-refractivity contribution in [3.05, 3.63) is 22.8 Å². The number of imidazole rings is 1. The summed E-state index contributed by atoms with van der Waals surface area (Å²) in [5.74, 6) is 0.288. The molecule has 0 spiro atoms. The van der Waals surface area contributed by atoms with Crippen molar-refractivity contribution in [1.82, 2.24) is 19.9 Å². The minimum absolute atomic E-state index is 0.258. The van der Waals surface area contributed by atoms with Crippen molar-refractivity contribution in [2.45, 2.75) is 0 Å². The molecular weight excluding hydrogens is 225 g/mol. The molecule has 72 valence electrons. The van der Waals surface area contributed by atoms with Crippen molar-refractivity contribution in [2.24, 2.45) is 0 Å². The van der Waals surface area contributed by atoms with Crippen LogP contribution < -0.4 is 5.73 Å². The van der Waals surface area contributed by atoms with Crippen LogP contribution in [-0.2, 0) is 0 Å². The van der Waals surface area contributed by atoms with Gasteiger partial charge in [0.15, 0.2) is 5.95 Å². The predicted octanol–water partition coefficient (Wildman–Crippen LogP) is 1.76. The van der Waals surface area contributed by atoms with Crippen LogP contribution in [0, 0.1) is 0 Å². The summed E-state index contributed by atoms with van der Waals surface area (Å²) >= 11 is 11.7. The molecule has 3 N–H and O–H groups in total. The van der Waals surface area contributed by atoms with Crippen molar-refractivity contribution in [2.75, 3.05) is 5.73 Å². The van der Waals surface area contributed by atoms with E-state index < -0.39 is 0 Å². The van der Waals surface area contributed by atoms with Crippen molar-refractivity contribution in [3.8, 4) is 11.3 Å². The van der Waals surface area contributed by atoms with Crippen LogP contribution >= 0.6 is 23.2 Å². The Labute approximate surface area is 89.3 Å². The Morgan fingerprint density at radius 3 is 2.29 bits per heavy atom. The Morgan fingerprint density at radius 2 is 1.79 bits per heavy atom. The smallest absolute Gasteiger partial charge is 0.197 e. The highest BCUT2D eigenvalue weighted by atomic mass is 35.5. The third-order valence-corrected chi connectivity index (χ3v) is 2.19. The molecule has 0 atom stereocenters. The predicted molar refractivity (Wildman–Crippen MR) is 54.0 cm³/mol. The zero-order chi connectivity index (χ0) is 10.1. The molecule has 0 radical (unpaired) electrons. The van der Waals surface area contributed by atoms with Crippen LogP contribution in [0.5, 0.6) is 0 Å². The fourth-order valence-electron chi connectivity index (χ4n) is 1.03. The van der Waals surface area contributed by atoms with Gasteiger partial charge in [-0.25, -0.2) is 15.0 Å². The van der Waals surface area contributed by atoms with E-state index in [2.05, 4.69) is 19.9 Å². The molecule has 0 saturated carbocycles. The molecule has 0 aliphatic heterocycles. The summed E-state index contributed by atoms with van der Waals surface area (Å²) in [7, 11) is 0. The standard InChI is InChI=1S/C7H5Cl2N5/c8-5-4(6(9)13-2-12-5)3-1-11-7(10)14-3/h1-2H,(H3,10,11,14). The molecule has 2 heterocycles. The number of nitrogens with zero attached hydrogens (tertiary/aromatic N) is 3. The van der Waals surface area contributed by atoms with Gasteiger partial charge in [0.2, 0.25) is 0 Å². The quantitative estimate of drug-likeness (QED) is 0.731. The second-order valence-corrected chi connectivity index (χ2v) is 3.23. The van der Waals surface area contributed by atoms with Crippen LogP contribution in [0.2, 0.25) is 10.3 Å². The van der Waals surface area contributed by atoms with Crippen molar-refractivity contribution in [1.29, 1.82) is 0 Å². The molecular formula is C7H5Cl2N5. The van der Waals surface area contributed by atoms with E-state index in [0.29, 0.717) is 11.3 Å². The molecule has 0 aromatic carbocycles. The van der Waals surface area contributed by atoms with Crippen LogP contribution in [0.1, 0.15) is 0 Å². The van der Waals surface area contributed by atoms with Crippen molar-refractivity contribution < 1.29 is 0 Å². The molecule has 0 bridgehead atoms. The highest BCUT2D eigenvalue weighted by molar-refractivity contribution is 6.37. The van der Waals surface area contributed by atoms with Crippen LogP contribution in [-0.4, -0.2) is 19.9 Å². The third kappa shape index (κ3) is 1.51. The van der Waals surface area contributed by atoms with Crippen LogP contribution in [0.4, 0.5) is 5.95 Å². The molecule has 0 unspecified atom stereocenters. The molecule has 0 saturated heterocycles. The lowest BCUT2D eigenvalue weighted by Gasteiger charge is -2.00. The molecule has 5 nitrogen and oxygen atoms in total. The normalized spacial score (nSPS) is 10.4. The SMILES string of the molecule is Nc1ncc(-c2c(Cl)ncnc2Cl)[nH]1. The lowest BCUT2D eigenvalue weighted by atomic mass is 10.3. The van der Waals surface area contributed by atoms with E-state index in [-0.39, 0.29) is 16.3 Å². The van der Waals surface area contributed by atoms with Gasteiger partial charge in [-0.15, -0.1) is 0 Å². The van der Waals surface area contributed by atoms with E-state index in [0.717, 1.165) is 0 Å². The van der Waals surface area contributed by atoms with Gasteiger partial charge in [-0.05, 0) is 0 Å². The molecule has 0 aliphatic carbocycles. The molecule has 7 heteroatoms. The summed E-state index contributed by atoms with van der Waals surface area (Å²) in [6, 6.07) is 0. The molecule has 2 rings (SSSR count). The number of H-pyrrole nitrogens is 1. The Balaban J connectivity index is 2.61. The van der Waals surface area contributed by atoms with E-state index in [1.807, 2.05) is 0 Å². The van der Waals surface area contributed by atoms with Gasteiger partial charge in [-0.3, -0.25) is 0 Å². The van der Waals surface area contributed by atoms with Crippen LogP contribution in [0.3, 0.4) is 0 Å². The lowest BCUT2D eigenvalue weighted by Crippen LogP contribution is -1.89. The Hall–Kier alpha value is -1.33. The fourth-order valence-corrected chi connectivity index (χ4v) is 1.55. The number of hydrogen-bond acceptors (Lipinski definition) is 4. The van der Waals surface area contributed by atoms with Gasteiger partial charge in [0, 0.05) is 0 Å². The topological polar surface area (TPSA) is 80.5 Å². The first-order valence-corrected chi connectivity index (χ1v) is 4.41. The number of nitrogen functional groups attached to an aromatic ring is 1. The first kappa shape index (κ1) is 9.23. The van der Waals surface area contributed by atoms with Gasteiger partial charge in [0.05, 0.1) is 17.5 Å². The highest BCUT2D eigenvalue weighted by Gasteiger charge is 2.12. The maximum atomic E-state index is 5.85. The summed E-state index contributed by atoms with van der Waals surface area (Å²) in [6.45, 7) is 0. The molecule has 0 amide bonds. The first-order chi connectivity index (χ1) is 6.68. The number of nitrogens with two attached hydrogens (primary N) is 1. The second kappa shape index (κ2) is 3.43. The van der Waals surface area contributed by atoms with Crippen LogP contribution in [0.25, 0.3) is 11.3 Å². The van der Waals surface area contributed by atoms with Gasteiger partial charge in [0.25, 0.3) is 0 Å². The third-order valence-electron chi connectivity index (χ3n) is 1.62. The number of hydrogen-bond donors (Lipinski definition) is 2. The zero-order valence-electron chi connectivity index (χ0n) is 6.83. The highest BCUT2D eigenvalue weighted by Crippen LogP contribution is 2.30. The van der Waals surface area contributed by atoms with E-state index in [1.165, 1.54) is 12.5 Å². The molecule has 14 heavy (non-hydrogen) atoms. The first-order valence-electron chi connectivity index (χ1n) is 3.65. The zero-order valence-corrected chi connectivity index (χ0v) is 8.34. The molecule has 2 aromatic heterocycles. The van der Waals surface area contributed by atoms with E-state index in [4.69, 9.17) is 28.9 Å². The summed E-state index contributed by atoms with van der Waals surface area (Å²) in [5.41, 5.74) is 6.52. The maximum absolute atomic E-state index is 5.85. The Morgan fingerprint density at radius 1 is 1.14 bits per heavy atom. The number of halogens is 2. The summed E-state index contributed by atoms with van der Waals surface area (Å²) < 4.78 is 0. The minimum atomic E-state index is 0.258. The van der Waals surface area contributed by atoms with Gasteiger partial charge in [-0.2, -0.15) is 0 Å². The van der Waals surface area contributed by atoms with Gasteiger partial charge >= 0.3 is 0 Å². The van der Waals surface area contributed by atoms with Crippen LogP contribution in [0.15, 0.2) is 12.5 Å². The Kier molecular flexibility index (Phi) is 2.26. The van der Waals surface area contributed by atoms with Gasteiger partial charge in [0.1, 0.15) is 16.6 Å². The monoisotopic (exact) mass is 229 g/mol. The average molecular weight is 230 g/mol. The molecule has 0 aliphatic rings. The maximum Gasteiger partial charge on any atom is 0.197 e. The number of rotatable bonds is 1. The summed E-state index contributed by atoms with van der Waals surface area (Å²) in [4.78, 5) is 14.2. The van der Waals surface area contributed by atoms with E-state index in [9.17, 15) is 0 Å². The minimum Gasteiger partial charge on any atom is -0.369 e. The number of aromatic nitrogens is 4.